The number of rotatable bonds is 11. The molecule has 5 heteroatoms. The Morgan fingerprint density at radius 1 is 1.41 bits per heavy atom. The van der Waals surface area contributed by atoms with Crippen LogP contribution in [-0.4, -0.2) is 43.1 Å². The van der Waals surface area contributed by atoms with Gasteiger partial charge in [-0.3, -0.25) is 9.89 Å². The Kier molecular flexibility index (Phi) is 9.65. The van der Waals surface area contributed by atoms with Gasteiger partial charge in [-0.25, -0.2) is 4.99 Å². The van der Waals surface area contributed by atoms with E-state index in [1.54, 1.807) is 6.20 Å². The minimum Gasteiger partial charge on any atom is -0.405 e. The second-order valence-electron chi connectivity index (χ2n) is 8.04. The summed E-state index contributed by atoms with van der Waals surface area (Å²) in [6.07, 6.45) is 22.7. The van der Waals surface area contributed by atoms with Crippen LogP contribution >= 0.6 is 0 Å². The summed E-state index contributed by atoms with van der Waals surface area (Å²) in [5.74, 6) is 0.866. The summed E-state index contributed by atoms with van der Waals surface area (Å²) in [4.78, 5) is 10.8. The van der Waals surface area contributed by atoms with Gasteiger partial charge in [0.15, 0.2) is 0 Å². The molecule has 0 bridgehead atoms. The van der Waals surface area contributed by atoms with Gasteiger partial charge in [0.1, 0.15) is 12.2 Å². The molecule has 1 atom stereocenters. The van der Waals surface area contributed by atoms with Gasteiger partial charge in [-0.2, -0.15) is 0 Å². The number of aliphatic imine (C=N–C) groups is 2. The molecule has 5 nitrogen and oxygen atoms in total. The fraction of sp³-hybridized carbons (Fsp3) is 0.500. The minimum atomic E-state index is 0.267. The van der Waals surface area contributed by atoms with Crippen molar-refractivity contribution < 1.29 is 0 Å². The van der Waals surface area contributed by atoms with Gasteiger partial charge in [0.05, 0.1) is 0 Å². The van der Waals surface area contributed by atoms with Crippen molar-refractivity contribution in [1.29, 1.82) is 0 Å². The van der Waals surface area contributed by atoms with Crippen molar-refractivity contribution in [3.05, 3.63) is 59.6 Å². The summed E-state index contributed by atoms with van der Waals surface area (Å²) in [5.41, 5.74) is 8.30. The normalized spacial score (nSPS) is 23.4. The Morgan fingerprint density at radius 2 is 2.28 bits per heavy atom. The number of nitrogens with two attached hydrogens (primary N) is 1. The molecule has 1 saturated heterocycles. The standard InChI is InChI=1S/C24H37N5/c1-21(11-8-16-25)23(28-20-26-3)27-17-9-14-24(2)15-10-18-29(24)19-22-12-6-4-5-7-13-22/h4-6,8,12-13,16,20,27H,3,7,9-11,14-15,17-19,25H2,1-2H3/b16-8-,23-21+,28-20-. The molecule has 2 rings (SSSR count). The van der Waals surface area contributed by atoms with Gasteiger partial charge in [0.25, 0.3) is 0 Å². The van der Waals surface area contributed by atoms with Gasteiger partial charge in [-0.15, -0.1) is 0 Å². The van der Waals surface area contributed by atoms with Crippen LogP contribution in [0.1, 0.15) is 52.4 Å². The lowest BCUT2D eigenvalue weighted by atomic mass is 9.92. The van der Waals surface area contributed by atoms with Crippen molar-refractivity contribution in [2.45, 2.75) is 57.9 Å². The Hall–Kier alpha value is -2.40. The monoisotopic (exact) mass is 395 g/mol. The Labute approximate surface area is 176 Å². The lowest BCUT2D eigenvalue weighted by molar-refractivity contribution is 0.156. The molecule has 29 heavy (non-hydrogen) atoms. The largest absolute Gasteiger partial charge is 0.405 e. The van der Waals surface area contributed by atoms with Crippen molar-refractivity contribution in [3.63, 3.8) is 0 Å². The van der Waals surface area contributed by atoms with E-state index in [0.29, 0.717) is 0 Å². The number of nitrogens with zero attached hydrogens (tertiary/aromatic N) is 3. The van der Waals surface area contributed by atoms with Crippen LogP contribution in [0.25, 0.3) is 0 Å². The lowest BCUT2D eigenvalue weighted by Crippen LogP contribution is -2.42. The third-order valence-electron chi connectivity index (χ3n) is 5.77. The summed E-state index contributed by atoms with van der Waals surface area (Å²) in [5, 5.41) is 3.48. The summed E-state index contributed by atoms with van der Waals surface area (Å²) >= 11 is 0. The first kappa shape index (κ1) is 22.9. The van der Waals surface area contributed by atoms with E-state index in [4.69, 9.17) is 5.73 Å². The summed E-state index contributed by atoms with van der Waals surface area (Å²) < 4.78 is 0. The van der Waals surface area contributed by atoms with Crippen LogP contribution in [0, 0.1) is 0 Å². The van der Waals surface area contributed by atoms with Crippen LogP contribution in [0.3, 0.4) is 0 Å². The van der Waals surface area contributed by atoms with Gasteiger partial charge in [0, 0.05) is 18.6 Å². The minimum absolute atomic E-state index is 0.267. The zero-order chi connectivity index (χ0) is 21.0. The Balaban J connectivity index is 1.88. The Bertz CT molecular complexity index is 711. The number of nitrogens with one attached hydrogen (secondary N) is 1. The third-order valence-corrected chi connectivity index (χ3v) is 5.77. The van der Waals surface area contributed by atoms with Crippen LogP contribution < -0.4 is 11.1 Å². The van der Waals surface area contributed by atoms with E-state index in [1.807, 2.05) is 6.08 Å². The number of allylic oxidation sites excluding steroid dienone is 6. The number of hydrogen-bond donors (Lipinski definition) is 2. The Morgan fingerprint density at radius 3 is 3.07 bits per heavy atom. The zero-order valence-electron chi connectivity index (χ0n) is 18.1. The number of likely N-dealkylation sites (tertiary alicyclic amines) is 1. The molecule has 1 aliphatic heterocycles. The first-order valence-corrected chi connectivity index (χ1v) is 10.6. The molecule has 2 aliphatic rings. The molecule has 1 heterocycles. The molecule has 1 aliphatic carbocycles. The van der Waals surface area contributed by atoms with Gasteiger partial charge in [-0.1, -0.05) is 36.5 Å². The molecule has 158 valence electrons. The van der Waals surface area contributed by atoms with Crippen LogP contribution in [-0.2, 0) is 0 Å². The molecular weight excluding hydrogens is 358 g/mol. The van der Waals surface area contributed by atoms with Crippen LogP contribution in [0.2, 0.25) is 0 Å². The fourth-order valence-corrected chi connectivity index (χ4v) is 4.02. The molecule has 0 saturated carbocycles. The molecule has 0 aromatic heterocycles. The lowest BCUT2D eigenvalue weighted by Gasteiger charge is -2.36. The summed E-state index contributed by atoms with van der Waals surface area (Å²) in [6, 6.07) is 0. The average Bonchev–Trinajstić information content (AvgIpc) is 2.91. The first-order valence-electron chi connectivity index (χ1n) is 10.6. The number of hydrogen-bond acceptors (Lipinski definition) is 4. The highest BCUT2D eigenvalue weighted by Crippen LogP contribution is 2.33. The van der Waals surface area contributed by atoms with Crippen molar-refractivity contribution in [3.8, 4) is 0 Å². The summed E-state index contributed by atoms with van der Waals surface area (Å²) in [6.45, 7) is 11.1. The van der Waals surface area contributed by atoms with Crippen molar-refractivity contribution in [1.82, 2.24) is 10.2 Å². The maximum absolute atomic E-state index is 5.47. The van der Waals surface area contributed by atoms with Crippen molar-refractivity contribution in [2.75, 3.05) is 19.6 Å². The second-order valence-corrected chi connectivity index (χ2v) is 8.04. The quantitative estimate of drug-likeness (QED) is 0.308. The maximum atomic E-state index is 5.47. The average molecular weight is 396 g/mol. The van der Waals surface area contributed by atoms with E-state index in [-0.39, 0.29) is 5.54 Å². The molecule has 1 unspecified atom stereocenters. The van der Waals surface area contributed by atoms with Gasteiger partial charge >= 0.3 is 0 Å². The fourth-order valence-electron chi connectivity index (χ4n) is 4.02. The van der Waals surface area contributed by atoms with Crippen molar-refractivity contribution >= 4 is 13.1 Å². The predicted octanol–water partition coefficient (Wildman–Crippen LogP) is 4.48. The van der Waals surface area contributed by atoms with E-state index in [2.05, 4.69) is 71.1 Å². The molecule has 0 amide bonds. The predicted molar refractivity (Wildman–Crippen MR) is 126 cm³/mol. The SMILES string of the molecule is C=N/C=N\C(NCCCC1(C)CCCN1CC1=CCC=CC=C1)=C(/C)C/C=C\N. The molecule has 0 spiro atoms. The van der Waals surface area contributed by atoms with E-state index in [0.717, 1.165) is 43.7 Å². The van der Waals surface area contributed by atoms with Gasteiger partial charge < -0.3 is 11.1 Å². The molecule has 0 aromatic carbocycles. The zero-order valence-corrected chi connectivity index (χ0v) is 18.1. The maximum Gasteiger partial charge on any atom is 0.126 e. The van der Waals surface area contributed by atoms with E-state index >= 15 is 0 Å². The van der Waals surface area contributed by atoms with Crippen LogP contribution in [0.15, 0.2) is 69.6 Å². The highest BCUT2D eigenvalue weighted by molar-refractivity contribution is 5.63. The first-order chi connectivity index (χ1) is 14.1. The molecule has 0 radical (unpaired) electrons. The third kappa shape index (κ3) is 7.50. The van der Waals surface area contributed by atoms with Crippen LogP contribution in [0.5, 0.6) is 0 Å². The second kappa shape index (κ2) is 12.2. The van der Waals surface area contributed by atoms with E-state index in [9.17, 15) is 0 Å². The molecular formula is C24H37N5. The highest BCUT2D eigenvalue weighted by Gasteiger charge is 2.35. The topological polar surface area (TPSA) is 66.0 Å². The highest BCUT2D eigenvalue weighted by atomic mass is 15.2. The van der Waals surface area contributed by atoms with Gasteiger partial charge in [-0.05, 0) is 83.0 Å². The molecule has 1 fully saturated rings. The summed E-state index contributed by atoms with van der Waals surface area (Å²) in [7, 11) is 0. The van der Waals surface area contributed by atoms with E-state index < -0.39 is 0 Å². The van der Waals surface area contributed by atoms with Gasteiger partial charge in [0.2, 0.25) is 0 Å². The van der Waals surface area contributed by atoms with Crippen molar-refractivity contribution in [2.24, 2.45) is 15.7 Å². The molecule has 0 aromatic rings. The molecule has 3 N–H and O–H groups in total. The smallest absolute Gasteiger partial charge is 0.126 e. The van der Waals surface area contributed by atoms with Crippen LogP contribution in [0.4, 0.5) is 0 Å². The van der Waals surface area contributed by atoms with E-state index in [1.165, 1.54) is 37.7 Å².